The van der Waals surface area contributed by atoms with Crippen LogP contribution in [0.5, 0.6) is 0 Å². The van der Waals surface area contributed by atoms with E-state index in [2.05, 4.69) is 21.3 Å². The molecule has 0 aromatic carbocycles. The number of carbonyl (C=O) groups excluding carboxylic acids is 3. The molecule has 0 rings (SSSR count). The molecule has 0 saturated carbocycles. The van der Waals surface area contributed by atoms with Gasteiger partial charge in [-0.25, -0.2) is 14.3 Å². The Kier molecular flexibility index (Phi) is 19.2. The number of hydrogen-bond donors (Lipinski definition) is 4. The second-order valence-corrected chi connectivity index (χ2v) is 6.98. The highest BCUT2D eigenvalue weighted by atomic mass is 32.2. The fourth-order valence-electron chi connectivity index (χ4n) is 1.99. The molecule has 0 saturated heterocycles. The number of rotatable bonds is 19. The lowest BCUT2D eigenvalue weighted by atomic mass is 10.4. The van der Waals surface area contributed by atoms with Crippen molar-refractivity contribution in [3.8, 4) is 0 Å². The van der Waals surface area contributed by atoms with Gasteiger partial charge in [0.25, 0.3) is 0 Å². The number of carbonyl (C=O) groups is 3. The molecule has 32 heavy (non-hydrogen) atoms. The third-order valence-corrected chi connectivity index (χ3v) is 4.16. The first-order valence-corrected chi connectivity index (χ1v) is 11.2. The Morgan fingerprint density at radius 1 is 1.00 bits per heavy atom. The summed E-state index contributed by atoms with van der Waals surface area (Å²) < 4.78 is 25.9. The van der Waals surface area contributed by atoms with E-state index in [1.807, 2.05) is 0 Å². The second kappa shape index (κ2) is 20.7. The molecule has 12 nitrogen and oxygen atoms in total. The fraction of sp³-hybridized carbons (Fsp3) is 0.737. The summed E-state index contributed by atoms with van der Waals surface area (Å²) in [6.45, 7) is 9.30. The van der Waals surface area contributed by atoms with Crippen LogP contribution in [-0.2, 0) is 23.7 Å². The van der Waals surface area contributed by atoms with Gasteiger partial charge in [-0.15, -0.1) is 0 Å². The van der Waals surface area contributed by atoms with E-state index >= 15 is 0 Å². The van der Waals surface area contributed by atoms with Crippen molar-refractivity contribution in [2.75, 3.05) is 65.8 Å². The summed E-state index contributed by atoms with van der Waals surface area (Å²) in [6, 6.07) is 0. The number of ether oxygens (including phenoxy) is 4. The first kappa shape index (κ1) is 29.8. The molecule has 0 aliphatic carbocycles. The van der Waals surface area contributed by atoms with Crippen LogP contribution in [0.15, 0.2) is 12.3 Å². The zero-order valence-electron chi connectivity index (χ0n) is 18.9. The van der Waals surface area contributed by atoms with Crippen molar-refractivity contribution < 1.29 is 38.4 Å². The number of aliphatic hydroxyl groups excluding tert-OH is 1. The molecule has 3 amide bonds. The van der Waals surface area contributed by atoms with E-state index in [0.717, 1.165) is 12.1 Å². The molecule has 13 heteroatoms. The monoisotopic (exact) mass is 480 g/mol. The summed E-state index contributed by atoms with van der Waals surface area (Å²) in [5.41, 5.74) is 0. The SMILES string of the molecule is C=C(C)OCCN(CCO)C(=O)OCCOCCNSNC(=O)OCCCNC(=O)CC. The molecule has 0 aliphatic heterocycles. The normalized spacial score (nSPS) is 10.2. The summed E-state index contributed by atoms with van der Waals surface area (Å²) >= 11 is 0.963. The number of aliphatic hydroxyl groups is 1. The molecule has 186 valence electrons. The average Bonchev–Trinajstić information content (AvgIpc) is 2.76. The highest BCUT2D eigenvalue weighted by Crippen LogP contribution is 1.97. The van der Waals surface area contributed by atoms with Crippen molar-refractivity contribution in [2.45, 2.75) is 26.7 Å². The summed E-state index contributed by atoms with van der Waals surface area (Å²) in [4.78, 5) is 35.8. The molecule has 0 heterocycles. The van der Waals surface area contributed by atoms with E-state index in [-0.39, 0.29) is 52.0 Å². The second-order valence-electron chi connectivity index (χ2n) is 6.28. The predicted octanol–water partition coefficient (Wildman–Crippen LogP) is 0.779. The van der Waals surface area contributed by atoms with Gasteiger partial charge in [0.2, 0.25) is 5.91 Å². The minimum Gasteiger partial charge on any atom is -0.497 e. The molecular formula is C19H36N4O8S. The summed E-state index contributed by atoms with van der Waals surface area (Å²) in [6.07, 6.45) is -0.181. The highest BCUT2D eigenvalue weighted by molar-refractivity contribution is 7.96. The lowest BCUT2D eigenvalue weighted by Gasteiger charge is -2.21. The number of nitrogens with one attached hydrogen (secondary N) is 3. The van der Waals surface area contributed by atoms with Gasteiger partial charge in [-0.05, 0) is 13.3 Å². The standard InChI is InChI=1S/C19H36N4O8S/c1-4-17(25)20-6-5-11-30-18(26)22-32-21-7-12-28-14-15-31-19(27)23(8-10-24)9-13-29-16(2)3/h21,24H,2,4-15H2,1,3H3,(H,20,25)(H,22,26). The smallest absolute Gasteiger partial charge is 0.418 e. The predicted molar refractivity (Wildman–Crippen MR) is 120 cm³/mol. The van der Waals surface area contributed by atoms with Gasteiger partial charge >= 0.3 is 12.2 Å². The van der Waals surface area contributed by atoms with Crippen LogP contribution in [0.4, 0.5) is 9.59 Å². The molecule has 0 spiro atoms. The van der Waals surface area contributed by atoms with Gasteiger partial charge in [0.1, 0.15) is 13.2 Å². The first-order valence-electron chi connectivity index (χ1n) is 10.4. The molecule has 4 N–H and O–H groups in total. The van der Waals surface area contributed by atoms with Crippen molar-refractivity contribution in [3.05, 3.63) is 12.3 Å². The van der Waals surface area contributed by atoms with E-state index in [1.165, 1.54) is 4.90 Å². The Labute approximate surface area is 193 Å². The molecule has 0 radical (unpaired) electrons. The van der Waals surface area contributed by atoms with E-state index in [0.29, 0.717) is 38.3 Å². The van der Waals surface area contributed by atoms with Crippen LogP contribution in [-0.4, -0.2) is 93.9 Å². The topological polar surface area (TPSA) is 148 Å². The van der Waals surface area contributed by atoms with Gasteiger partial charge in [-0.3, -0.25) is 9.52 Å². The Balaban J connectivity index is 3.60. The maximum Gasteiger partial charge on any atom is 0.418 e. The lowest BCUT2D eigenvalue weighted by molar-refractivity contribution is -0.120. The largest absolute Gasteiger partial charge is 0.497 e. The zero-order valence-corrected chi connectivity index (χ0v) is 19.7. The molecular weight excluding hydrogens is 444 g/mol. The van der Waals surface area contributed by atoms with Crippen molar-refractivity contribution in [2.24, 2.45) is 0 Å². The van der Waals surface area contributed by atoms with Crippen LogP contribution < -0.4 is 14.8 Å². The Morgan fingerprint density at radius 2 is 1.78 bits per heavy atom. The average molecular weight is 481 g/mol. The molecule has 0 fully saturated rings. The van der Waals surface area contributed by atoms with Crippen LogP contribution in [0, 0.1) is 0 Å². The van der Waals surface area contributed by atoms with E-state index in [1.54, 1.807) is 13.8 Å². The summed E-state index contributed by atoms with van der Waals surface area (Å²) in [5.74, 6) is 0.506. The zero-order chi connectivity index (χ0) is 24.0. The van der Waals surface area contributed by atoms with Crippen LogP contribution in [0.25, 0.3) is 0 Å². The number of hydrogen-bond acceptors (Lipinski definition) is 10. The summed E-state index contributed by atoms with van der Waals surface area (Å²) in [5, 5.41) is 11.7. The van der Waals surface area contributed by atoms with Crippen molar-refractivity contribution >= 4 is 30.2 Å². The quantitative estimate of drug-likeness (QED) is 0.119. The Bertz CT molecular complexity index is 553. The highest BCUT2D eigenvalue weighted by Gasteiger charge is 2.14. The van der Waals surface area contributed by atoms with Crippen LogP contribution in [0.3, 0.4) is 0 Å². The van der Waals surface area contributed by atoms with Crippen molar-refractivity contribution in [1.29, 1.82) is 0 Å². The minimum atomic E-state index is -0.585. The molecule has 0 bridgehead atoms. The lowest BCUT2D eigenvalue weighted by Crippen LogP contribution is -2.37. The van der Waals surface area contributed by atoms with E-state index < -0.39 is 12.2 Å². The number of amides is 3. The van der Waals surface area contributed by atoms with E-state index in [9.17, 15) is 14.4 Å². The van der Waals surface area contributed by atoms with Crippen LogP contribution >= 0.6 is 12.1 Å². The van der Waals surface area contributed by atoms with Crippen molar-refractivity contribution in [3.63, 3.8) is 0 Å². The van der Waals surface area contributed by atoms with Crippen LogP contribution in [0.2, 0.25) is 0 Å². The number of nitrogens with zero attached hydrogens (tertiary/aromatic N) is 1. The fourth-order valence-corrected chi connectivity index (χ4v) is 2.39. The van der Waals surface area contributed by atoms with Crippen molar-refractivity contribution in [1.82, 2.24) is 19.7 Å². The van der Waals surface area contributed by atoms with Gasteiger partial charge in [0.05, 0.1) is 38.7 Å². The van der Waals surface area contributed by atoms with Gasteiger partial charge in [-0.2, -0.15) is 0 Å². The van der Waals surface area contributed by atoms with Gasteiger partial charge in [0.15, 0.2) is 0 Å². The maximum atomic E-state index is 12.0. The molecule has 0 atom stereocenters. The third kappa shape index (κ3) is 18.5. The molecule has 0 aromatic heterocycles. The Morgan fingerprint density at radius 3 is 2.47 bits per heavy atom. The maximum absolute atomic E-state index is 12.0. The van der Waals surface area contributed by atoms with Crippen LogP contribution in [0.1, 0.15) is 26.7 Å². The summed E-state index contributed by atoms with van der Waals surface area (Å²) in [7, 11) is 0. The number of allylic oxidation sites excluding steroid dienone is 1. The molecule has 0 aliphatic rings. The molecule has 0 unspecified atom stereocenters. The third-order valence-electron chi connectivity index (χ3n) is 3.54. The van der Waals surface area contributed by atoms with E-state index in [4.69, 9.17) is 24.1 Å². The molecule has 0 aromatic rings. The first-order chi connectivity index (χ1) is 15.4. The minimum absolute atomic E-state index is 0.0392. The van der Waals surface area contributed by atoms with Gasteiger partial charge in [0, 0.05) is 38.2 Å². The van der Waals surface area contributed by atoms with Gasteiger partial charge < -0.3 is 34.3 Å². The Hall–Kier alpha value is -2.22. The van der Waals surface area contributed by atoms with Gasteiger partial charge in [-0.1, -0.05) is 13.5 Å².